The maximum atomic E-state index is 13.4. The van der Waals surface area contributed by atoms with E-state index in [1.807, 2.05) is 24.4 Å². The molecule has 7 heteroatoms. The third-order valence-corrected chi connectivity index (χ3v) is 7.59. The Bertz CT molecular complexity index is 1030. The molecule has 27 heavy (non-hydrogen) atoms. The van der Waals surface area contributed by atoms with Crippen molar-refractivity contribution in [2.75, 3.05) is 6.54 Å². The number of thiophene rings is 1. The SMILES string of the molecule is Cc1ccc(C)c(S(=O)(=O)[C@H](CNC(=O)c2ccccn2)c2cccs2)c1. The molecule has 3 aromatic rings. The maximum Gasteiger partial charge on any atom is 0.269 e. The predicted octanol–water partition coefficient (Wildman–Crippen LogP) is 3.70. The Balaban J connectivity index is 1.92. The highest BCUT2D eigenvalue weighted by atomic mass is 32.2. The van der Waals surface area contributed by atoms with E-state index >= 15 is 0 Å². The summed E-state index contributed by atoms with van der Waals surface area (Å²) in [6.07, 6.45) is 1.53. The highest BCUT2D eigenvalue weighted by Gasteiger charge is 2.31. The van der Waals surface area contributed by atoms with Crippen LogP contribution in [0.3, 0.4) is 0 Å². The molecule has 0 unspecified atom stereocenters. The molecule has 0 radical (unpaired) electrons. The van der Waals surface area contributed by atoms with Crippen molar-refractivity contribution >= 4 is 27.1 Å². The first-order valence-corrected chi connectivity index (χ1v) is 10.9. The molecule has 2 aromatic heterocycles. The molecule has 3 rings (SSSR count). The number of aryl methyl sites for hydroxylation is 2. The van der Waals surface area contributed by atoms with Crippen molar-refractivity contribution in [1.82, 2.24) is 10.3 Å². The van der Waals surface area contributed by atoms with Gasteiger partial charge in [0.1, 0.15) is 10.9 Å². The molecule has 1 N–H and O–H groups in total. The van der Waals surface area contributed by atoms with E-state index < -0.39 is 21.0 Å². The Kier molecular flexibility index (Phi) is 5.72. The zero-order valence-electron chi connectivity index (χ0n) is 15.0. The van der Waals surface area contributed by atoms with Crippen molar-refractivity contribution in [2.24, 2.45) is 0 Å². The highest BCUT2D eigenvalue weighted by Crippen LogP contribution is 2.33. The fourth-order valence-corrected chi connectivity index (χ4v) is 5.89. The molecule has 1 aromatic carbocycles. The first kappa shape index (κ1) is 19.3. The van der Waals surface area contributed by atoms with Gasteiger partial charge in [0, 0.05) is 17.6 Å². The monoisotopic (exact) mass is 400 g/mol. The average Bonchev–Trinajstić information content (AvgIpc) is 3.18. The van der Waals surface area contributed by atoms with Gasteiger partial charge in [0.05, 0.1) is 4.90 Å². The molecule has 0 bridgehead atoms. The minimum atomic E-state index is -3.68. The lowest BCUT2D eigenvalue weighted by Gasteiger charge is -2.19. The molecular weight excluding hydrogens is 380 g/mol. The van der Waals surface area contributed by atoms with Gasteiger partial charge in [0.2, 0.25) is 0 Å². The van der Waals surface area contributed by atoms with Gasteiger partial charge in [-0.1, -0.05) is 24.3 Å². The van der Waals surface area contributed by atoms with Crippen LogP contribution in [0.2, 0.25) is 0 Å². The Morgan fingerprint density at radius 2 is 1.96 bits per heavy atom. The highest BCUT2D eigenvalue weighted by molar-refractivity contribution is 7.92. The fraction of sp³-hybridized carbons (Fsp3) is 0.200. The number of carbonyl (C=O) groups excluding carboxylic acids is 1. The van der Waals surface area contributed by atoms with Gasteiger partial charge in [-0.25, -0.2) is 8.42 Å². The number of aromatic nitrogens is 1. The number of pyridine rings is 1. The van der Waals surface area contributed by atoms with E-state index in [4.69, 9.17) is 0 Å². The van der Waals surface area contributed by atoms with Crippen molar-refractivity contribution in [2.45, 2.75) is 24.0 Å². The molecular formula is C20H20N2O3S2. The normalized spacial score (nSPS) is 12.5. The molecule has 140 valence electrons. The van der Waals surface area contributed by atoms with Gasteiger partial charge in [0.15, 0.2) is 9.84 Å². The lowest BCUT2D eigenvalue weighted by molar-refractivity contribution is 0.0949. The Morgan fingerprint density at radius 1 is 1.15 bits per heavy atom. The quantitative estimate of drug-likeness (QED) is 0.684. The molecule has 0 aliphatic carbocycles. The number of hydrogen-bond acceptors (Lipinski definition) is 5. The van der Waals surface area contributed by atoms with Crippen molar-refractivity contribution in [3.05, 3.63) is 81.8 Å². The van der Waals surface area contributed by atoms with Gasteiger partial charge in [-0.05, 0) is 54.6 Å². The van der Waals surface area contributed by atoms with E-state index in [-0.39, 0.29) is 12.2 Å². The van der Waals surface area contributed by atoms with Crippen LogP contribution in [0.15, 0.2) is 65.0 Å². The van der Waals surface area contributed by atoms with Crippen LogP contribution in [0.4, 0.5) is 0 Å². The molecule has 0 saturated carbocycles. The summed E-state index contributed by atoms with van der Waals surface area (Å²) in [5, 5.41) is 3.70. The summed E-state index contributed by atoms with van der Waals surface area (Å²) in [5.74, 6) is -0.395. The van der Waals surface area contributed by atoms with E-state index in [0.29, 0.717) is 15.3 Å². The first-order chi connectivity index (χ1) is 12.9. The van der Waals surface area contributed by atoms with Crippen molar-refractivity contribution in [3.8, 4) is 0 Å². The average molecular weight is 401 g/mol. The molecule has 0 aliphatic rings. The number of rotatable bonds is 6. The van der Waals surface area contributed by atoms with Gasteiger partial charge >= 0.3 is 0 Å². The Hall–Kier alpha value is -2.51. The van der Waals surface area contributed by atoms with Crippen LogP contribution in [0.5, 0.6) is 0 Å². The minimum Gasteiger partial charge on any atom is -0.349 e. The number of amides is 1. The van der Waals surface area contributed by atoms with E-state index in [9.17, 15) is 13.2 Å². The van der Waals surface area contributed by atoms with E-state index in [0.717, 1.165) is 5.56 Å². The van der Waals surface area contributed by atoms with E-state index in [1.54, 1.807) is 43.3 Å². The van der Waals surface area contributed by atoms with Crippen LogP contribution >= 0.6 is 11.3 Å². The van der Waals surface area contributed by atoms with Crippen LogP contribution < -0.4 is 5.32 Å². The van der Waals surface area contributed by atoms with Crippen molar-refractivity contribution in [3.63, 3.8) is 0 Å². The molecule has 0 aliphatic heterocycles. The molecule has 0 saturated heterocycles. The second kappa shape index (κ2) is 8.02. The number of hydrogen-bond donors (Lipinski definition) is 1. The van der Waals surface area contributed by atoms with Crippen LogP contribution in [-0.2, 0) is 9.84 Å². The molecule has 0 spiro atoms. The number of carbonyl (C=O) groups is 1. The summed E-state index contributed by atoms with van der Waals surface area (Å²) in [7, 11) is -3.68. The number of sulfone groups is 1. The molecule has 2 heterocycles. The molecule has 0 fully saturated rings. The van der Waals surface area contributed by atoms with Gasteiger partial charge in [0.25, 0.3) is 5.91 Å². The Labute approximate surface area is 163 Å². The minimum absolute atomic E-state index is 0.0222. The summed E-state index contributed by atoms with van der Waals surface area (Å²) < 4.78 is 26.8. The number of nitrogens with one attached hydrogen (secondary N) is 1. The molecule has 5 nitrogen and oxygen atoms in total. The van der Waals surface area contributed by atoms with E-state index in [2.05, 4.69) is 10.3 Å². The van der Waals surface area contributed by atoms with Crippen LogP contribution in [0.1, 0.15) is 31.7 Å². The summed E-state index contributed by atoms with van der Waals surface area (Å²) in [6, 6.07) is 14.0. The van der Waals surface area contributed by atoms with Crippen molar-refractivity contribution < 1.29 is 13.2 Å². The second-order valence-electron chi connectivity index (χ2n) is 6.24. The summed E-state index contributed by atoms with van der Waals surface area (Å²) in [6.45, 7) is 3.62. The lowest BCUT2D eigenvalue weighted by atomic mass is 10.2. The summed E-state index contributed by atoms with van der Waals surface area (Å²) in [5.41, 5.74) is 1.83. The Morgan fingerprint density at radius 3 is 2.63 bits per heavy atom. The van der Waals surface area contributed by atoms with E-state index in [1.165, 1.54) is 17.5 Å². The lowest BCUT2D eigenvalue weighted by Crippen LogP contribution is -2.32. The smallest absolute Gasteiger partial charge is 0.269 e. The third kappa shape index (κ3) is 4.26. The van der Waals surface area contributed by atoms with Crippen molar-refractivity contribution in [1.29, 1.82) is 0 Å². The van der Waals surface area contributed by atoms with Gasteiger partial charge in [-0.3, -0.25) is 9.78 Å². The topological polar surface area (TPSA) is 76.1 Å². The predicted molar refractivity (Wildman–Crippen MR) is 107 cm³/mol. The zero-order valence-corrected chi connectivity index (χ0v) is 16.7. The standard InChI is InChI=1S/C20H20N2O3S2/c1-14-8-9-15(2)18(12-14)27(24,25)19(17-7-5-11-26-17)13-22-20(23)16-6-3-4-10-21-16/h3-12,19H,13H2,1-2H3,(H,22,23)/t19-/m1/s1. The summed E-state index contributed by atoms with van der Waals surface area (Å²) >= 11 is 1.36. The summed E-state index contributed by atoms with van der Waals surface area (Å²) in [4.78, 5) is 17.3. The van der Waals surface area contributed by atoms with Crippen LogP contribution in [0.25, 0.3) is 0 Å². The number of benzene rings is 1. The van der Waals surface area contributed by atoms with Crippen LogP contribution in [-0.4, -0.2) is 25.9 Å². The second-order valence-corrected chi connectivity index (χ2v) is 9.32. The fourth-order valence-electron chi connectivity index (χ4n) is 2.78. The first-order valence-electron chi connectivity index (χ1n) is 8.43. The molecule has 1 atom stereocenters. The third-order valence-electron chi connectivity index (χ3n) is 4.23. The zero-order chi connectivity index (χ0) is 19.4. The van der Waals surface area contributed by atoms with Crippen LogP contribution in [0, 0.1) is 13.8 Å². The van der Waals surface area contributed by atoms with Gasteiger partial charge < -0.3 is 5.32 Å². The van der Waals surface area contributed by atoms with Gasteiger partial charge in [-0.2, -0.15) is 0 Å². The molecule has 1 amide bonds. The largest absolute Gasteiger partial charge is 0.349 e. The maximum absolute atomic E-state index is 13.4. The van der Waals surface area contributed by atoms with Gasteiger partial charge in [-0.15, -0.1) is 11.3 Å². The number of nitrogens with zero attached hydrogens (tertiary/aromatic N) is 1.